The van der Waals surface area contributed by atoms with Crippen molar-refractivity contribution in [2.24, 2.45) is 0 Å². The van der Waals surface area contributed by atoms with E-state index >= 15 is 0 Å². The lowest BCUT2D eigenvalue weighted by Gasteiger charge is -2.38. The van der Waals surface area contributed by atoms with Crippen molar-refractivity contribution in [3.63, 3.8) is 0 Å². The molecule has 21 heavy (non-hydrogen) atoms. The van der Waals surface area contributed by atoms with Gasteiger partial charge in [0, 0.05) is 10.9 Å². The maximum atomic E-state index is 3.79. The van der Waals surface area contributed by atoms with Gasteiger partial charge in [0.1, 0.15) is 8.07 Å². The van der Waals surface area contributed by atoms with Crippen LogP contribution in [0, 0.1) is 18.4 Å². The van der Waals surface area contributed by atoms with E-state index in [1.807, 2.05) is 0 Å². The highest BCUT2D eigenvalue weighted by molar-refractivity contribution is 9.10. The fourth-order valence-corrected chi connectivity index (χ4v) is 9.42. The lowest BCUT2D eigenvalue weighted by atomic mass is 10.1. The molecule has 0 nitrogen and oxygen atoms in total. The first-order chi connectivity index (χ1) is 9.71. The van der Waals surface area contributed by atoms with Crippen LogP contribution in [0.3, 0.4) is 0 Å². The van der Waals surface area contributed by atoms with Crippen molar-refractivity contribution < 1.29 is 0 Å². The Morgan fingerprint density at radius 3 is 1.95 bits per heavy atom. The monoisotopic (exact) mass is 364 g/mol. The maximum absolute atomic E-state index is 3.79. The zero-order chi connectivity index (χ0) is 16.2. The van der Waals surface area contributed by atoms with Crippen LogP contribution in [0.1, 0.15) is 52.7 Å². The molecule has 0 spiro atoms. The van der Waals surface area contributed by atoms with Crippen LogP contribution in [0.15, 0.2) is 22.7 Å². The van der Waals surface area contributed by atoms with Crippen molar-refractivity contribution in [3.8, 4) is 11.5 Å². The average molecular weight is 365 g/mol. The Balaban J connectivity index is 3.06. The molecule has 1 aromatic rings. The van der Waals surface area contributed by atoms with Crippen LogP contribution in [0.25, 0.3) is 0 Å². The van der Waals surface area contributed by atoms with Gasteiger partial charge in [0.15, 0.2) is 0 Å². The number of rotatable bonds is 4. The van der Waals surface area contributed by atoms with Crippen molar-refractivity contribution >= 4 is 24.0 Å². The van der Waals surface area contributed by atoms with Gasteiger partial charge in [0.25, 0.3) is 0 Å². The van der Waals surface area contributed by atoms with Gasteiger partial charge in [-0.3, -0.25) is 0 Å². The number of hydrogen-bond acceptors (Lipinski definition) is 0. The maximum Gasteiger partial charge on any atom is 0.145 e. The van der Waals surface area contributed by atoms with Gasteiger partial charge in [-0.1, -0.05) is 69.6 Å². The summed E-state index contributed by atoms with van der Waals surface area (Å²) in [6, 6.07) is 6.53. The van der Waals surface area contributed by atoms with Gasteiger partial charge in [-0.15, -0.1) is 11.5 Å². The minimum Gasteiger partial charge on any atom is -0.130 e. The van der Waals surface area contributed by atoms with E-state index in [4.69, 9.17) is 0 Å². The fourth-order valence-electron chi connectivity index (χ4n) is 3.52. The molecule has 0 unspecified atom stereocenters. The Hall–Kier alpha value is -0.523. The van der Waals surface area contributed by atoms with Crippen LogP contribution >= 0.6 is 15.9 Å². The molecule has 0 aliphatic carbocycles. The molecule has 0 atom stereocenters. The zero-order valence-electron chi connectivity index (χ0n) is 14.5. The summed E-state index contributed by atoms with van der Waals surface area (Å²) in [5.74, 6) is 3.53. The standard InChI is InChI=1S/C19H29BrSi/c1-14(2)21(15(3)4,16(5)6)12-8-9-18-11-10-17(7)13-19(18)20/h10-11,13-16H,9H2,1-7H3. The van der Waals surface area contributed by atoms with Gasteiger partial charge in [0.05, 0.1) is 0 Å². The third kappa shape index (κ3) is 4.24. The first kappa shape index (κ1) is 18.5. The topological polar surface area (TPSA) is 0 Å². The molecule has 2 heteroatoms. The van der Waals surface area contributed by atoms with Crippen molar-refractivity contribution in [2.45, 2.75) is 71.5 Å². The molecule has 0 saturated carbocycles. The lowest BCUT2D eigenvalue weighted by molar-refractivity contribution is 0.838. The highest BCUT2D eigenvalue weighted by Crippen LogP contribution is 2.40. The van der Waals surface area contributed by atoms with Gasteiger partial charge >= 0.3 is 0 Å². The quantitative estimate of drug-likeness (QED) is 0.421. The van der Waals surface area contributed by atoms with E-state index in [0.29, 0.717) is 16.6 Å². The molecule has 0 radical (unpaired) electrons. The second-order valence-corrected chi connectivity index (χ2v) is 13.4. The van der Waals surface area contributed by atoms with E-state index in [9.17, 15) is 0 Å². The van der Waals surface area contributed by atoms with Crippen LogP contribution in [-0.4, -0.2) is 8.07 Å². The number of benzene rings is 1. The first-order valence-electron chi connectivity index (χ1n) is 7.96. The average Bonchev–Trinajstić information content (AvgIpc) is 2.35. The Kier molecular flexibility index (Phi) is 6.75. The van der Waals surface area contributed by atoms with Crippen LogP contribution in [0.4, 0.5) is 0 Å². The van der Waals surface area contributed by atoms with Crippen molar-refractivity contribution in [1.29, 1.82) is 0 Å². The third-order valence-corrected chi connectivity index (χ3v) is 11.7. The van der Waals surface area contributed by atoms with Gasteiger partial charge < -0.3 is 0 Å². The van der Waals surface area contributed by atoms with E-state index in [-0.39, 0.29) is 0 Å². The minimum atomic E-state index is -1.59. The molecule has 0 aliphatic heterocycles. The molecule has 0 aromatic heterocycles. The van der Waals surface area contributed by atoms with Gasteiger partial charge in [-0.2, -0.15) is 0 Å². The summed E-state index contributed by atoms with van der Waals surface area (Å²) in [7, 11) is -1.59. The molecule has 116 valence electrons. The summed E-state index contributed by atoms with van der Waals surface area (Å²) in [6.07, 6.45) is 0.849. The summed E-state index contributed by atoms with van der Waals surface area (Å²) in [5.41, 5.74) is 8.48. The third-order valence-electron chi connectivity index (χ3n) is 4.66. The molecular formula is C19H29BrSi. The molecule has 0 fully saturated rings. The van der Waals surface area contributed by atoms with Crippen molar-refractivity contribution in [3.05, 3.63) is 33.8 Å². The van der Waals surface area contributed by atoms with Crippen LogP contribution in [0.5, 0.6) is 0 Å². The molecule has 1 rings (SSSR count). The summed E-state index contributed by atoms with van der Waals surface area (Å²) in [4.78, 5) is 0. The molecule has 0 saturated heterocycles. The molecular weight excluding hydrogens is 336 g/mol. The summed E-state index contributed by atoms with van der Waals surface area (Å²) >= 11 is 3.66. The van der Waals surface area contributed by atoms with E-state index in [0.717, 1.165) is 6.42 Å². The molecule has 0 heterocycles. The van der Waals surface area contributed by atoms with E-state index < -0.39 is 8.07 Å². The Labute approximate surface area is 140 Å². The second-order valence-electron chi connectivity index (χ2n) is 6.97. The summed E-state index contributed by atoms with van der Waals surface area (Å²) in [6.45, 7) is 16.3. The molecule has 0 N–H and O–H groups in total. The SMILES string of the molecule is Cc1ccc(CC#C[Si](C(C)C)(C(C)C)C(C)C)c(Br)c1. The predicted octanol–water partition coefficient (Wildman–Crippen LogP) is 6.52. The Bertz CT molecular complexity index is 510. The van der Waals surface area contributed by atoms with E-state index in [1.165, 1.54) is 15.6 Å². The van der Waals surface area contributed by atoms with E-state index in [1.54, 1.807) is 0 Å². The van der Waals surface area contributed by atoms with Gasteiger partial charge in [0.2, 0.25) is 0 Å². The smallest absolute Gasteiger partial charge is 0.130 e. The summed E-state index contributed by atoms with van der Waals surface area (Å²) < 4.78 is 1.18. The first-order valence-corrected chi connectivity index (χ1v) is 11.0. The molecule has 0 aliphatic rings. The fraction of sp³-hybridized carbons (Fsp3) is 0.579. The second kappa shape index (κ2) is 7.65. The number of aryl methyl sites for hydroxylation is 1. The normalized spacial score (nSPS) is 12.0. The number of hydrogen-bond donors (Lipinski definition) is 0. The lowest BCUT2D eigenvalue weighted by Crippen LogP contribution is -2.43. The van der Waals surface area contributed by atoms with Crippen LogP contribution in [0.2, 0.25) is 16.6 Å². The largest absolute Gasteiger partial charge is 0.145 e. The Morgan fingerprint density at radius 2 is 1.52 bits per heavy atom. The van der Waals surface area contributed by atoms with Gasteiger partial charge in [-0.25, -0.2) is 0 Å². The predicted molar refractivity (Wildman–Crippen MR) is 101 cm³/mol. The van der Waals surface area contributed by atoms with Crippen molar-refractivity contribution in [1.82, 2.24) is 0 Å². The zero-order valence-corrected chi connectivity index (χ0v) is 17.1. The molecule has 1 aromatic carbocycles. The van der Waals surface area contributed by atoms with Gasteiger partial charge in [-0.05, 0) is 40.7 Å². The summed E-state index contributed by atoms with van der Waals surface area (Å²) in [5, 5.41) is 0. The van der Waals surface area contributed by atoms with Crippen LogP contribution < -0.4 is 0 Å². The van der Waals surface area contributed by atoms with Crippen LogP contribution in [-0.2, 0) is 6.42 Å². The molecule has 0 bridgehead atoms. The van der Waals surface area contributed by atoms with E-state index in [2.05, 4.69) is 94.1 Å². The molecule has 0 amide bonds. The minimum absolute atomic E-state index is 0.700. The highest BCUT2D eigenvalue weighted by Gasteiger charge is 2.41. The number of halogens is 1. The Morgan fingerprint density at radius 1 is 1.00 bits per heavy atom. The highest BCUT2D eigenvalue weighted by atomic mass is 79.9. The van der Waals surface area contributed by atoms with Crippen molar-refractivity contribution in [2.75, 3.05) is 0 Å².